The fourth-order valence-corrected chi connectivity index (χ4v) is 3.99. The molecule has 0 aliphatic carbocycles. The fraction of sp³-hybridized carbons (Fsp3) is 0.444. The fourth-order valence-electron chi connectivity index (χ4n) is 2.55. The number of aryl methyl sites for hydroxylation is 1. The van der Waals surface area contributed by atoms with Crippen LogP contribution >= 0.6 is 0 Å². The van der Waals surface area contributed by atoms with Crippen molar-refractivity contribution in [2.24, 2.45) is 0 Å². The van der Waals surface area contributed by atoms with Gasteiger partial charge in [-0.25, -0.2) is 8.42 Å². The maximum atomic E-state index is 12.7. The van der Waals surface area contributed by atoms with Crippen molar-refractivity contribution in [2.75, 3.05) is 20.2 Å². The minimum atomic E-state index is -3.46. The Hall–Kier alpha value is -1.61. The van der Waals surface area contributed by atoms with Crippen LogP contribution in [-0.2, 0) is 14.8 Å². The Bertz CT molecular complexity index is 731. The van der Waals surface area contributed by atoms with Crippen LogP contribution in [0.4, 0.5) is 0 Å². The molecule has 23 heavy (non-hydrogen) atoms. The summed E-state index contributed by atoms with van der Waals surface area (Å²) >= 11 is 0. The van der Waals surface area contributed by atoms with Crippen LogP contribution in [0, 0.1) is 18.8 Å². The SMILES string of the molecule is C=C(C)C#CC1(OC)CCN(S(=O)(=O)c2ccc(C)cc2)CC1. The van der Waals surface area contributed by atoms with Gasteiger partial charge in [0.1, 0.15) is 5.60 Å². The maximum Gasteiger partial charge on any atom is 0.243 e. The second kappa shape index (κ2) is 6.88. The Morgan fingerprint density at radius 2 is 1.83 bits per heavy atom. The van der Waals surface area contributed by atoms with E-state index in [0.29, 0.717) is 30.8 Å². The van der Waals surface area contributed by atoms with Gasteiger partial charge < -0.3 is 4.74 Å². The van der Waals surface area contributed by atoms with Crippen molar-refractivity contribution in [1.29, 1.82) is 0 Å². The molecule has 1 aliphatic heterocycles. The van der Waals surface area contributed by atoms with E-state index in [-0.39, 0.29) is 0 Å². The lowest BCUT2D eigenvalue weighted by atomic mass is 9.92. The molecule has 1 saturated heterocycles. The second-order valence-corrected chi connectivity index (χ2v) is 7.88. The van der Waals surface area contributed by atoms with Crippen LogP contribution in [0.2, 0.25) is 0 Å². The highest BCUT2D eigenvalue weighted by atomic mass is 32.2. The number of ether oxygens (including phenoxy) is 1. The molecular weight excluding hydrogens is 310 g/mol. The molecule has 0 bridgehead atoms. The third-order valence-electron chi connectivity index (χ3n) is 4.08. The summed E-state index contributed by atoms with van der Waals surface area (Å²) in [4.78, 5) is 0.334. The van der Waals surface area contributed by atoms with Gasteiger partial charge in [0, 0.05) is 33.0 Å². The van der Waals surface area contributed by atoms with Gasteiger partial charge in [-0.3, -0.25) is 0 Å². The van der Waals surface area contributed by atoms with Gasteiger partial charge in [-0.15, -0.1) is 0 Å². The summed E-state index contributed by atoms with van der Waals surface area (Å²) in [6.07, 6.45) is 1.10. The molecule has 1 heterocycles. The minimum Gasteiger partial charge on any atom is -0.365 e. The Kier molecular flexibility index (Phi) is 5.30. The lowest BCUT2D eigenvalue weighted by Gasteiger charge is -2.36. The van der Waals surface area contributed by atoms with E-state index in [1.165, 1.54) is 4.31 Å². The largest absolute Gasteiger partial charge is 0.365 e. The standard InChI is InChI=1S/C18H23NO3S/c1-15(2)9-10-18(22-4)11-13-19(14-12-18)23(20,21)17-7-5-16(3)6-8-17/h5-8H,1,11-14H2,2-4H3. The smallest absolute Gasteiger partial charge is 0.243 e. The average molecular weight is 333 g/mol. The zero-order chi connectivity index (χ0) is 17.1. The summed E-state index contributed by atoms with van der Waals surface area (Å²) in [6.45, 7) is 8.34. The van der Waals surface area contributed by atoms with Crippen LogP contribution < -0.4 is 0 Å². The van der Waals surface area contributed by atoms with Crippen molar-refractivity contribution in [2.45, 2.75) is 37.2 Å². The molecule has 1 aliphatic rings. The molecule has 124 valence electrons. The summed E-state index contributed by atoms with van der Waals surface area (Å²) in [5, 5.41) is 0. The predicted octanol–water partition coefficient (Wildman–Crippen LogP) is 2.74. The van der Waals surface area contributed by atoms with Gasteiger partial charge in [-0.2, -0.15) is 4.31 Å². The Balaban J connectivity index is 2.16. The summed E-state index contributed by atoms with van der Waals surface area (Å²) in [5.74, 6) is 6.07. The van der Waals surface area contributed by atoms with E-state index in [9.17, 15) is 8.42 Å². The van der Waals surface area contributed by atoms with E-state index in [0.717, 1.165) is 11.1 Å². The topological polar surface area (TPSA) is 46.6 Å². The van der Waals surface area contributed by atoms with Gasteiger partial charge in [-0.1, -0.05) is 36.1 Å². The Morgan fingerprint density at radius 1 is 1.26 bits per heavy atom. The maximum absolute atomic E-state index is 12.7. The molecule has 5 heteroatoms. The Morgan fingerprint density at radius 3 is 2.30 bits per heavy atom. The molecule has 1 aromatic carbocycles. The summed E-state index contributed by atoms with van der Waals surface area (Å²) in [6, 6.07) is 6.94. The molecule has 0 aromatic heterocycles. The highest BCUT2D eigenvalue weighted by Crippen LogP contribution is 2.29. The number of allylic oxidation sites excluding steroid dienone is 1. The minimum absolute atomic E-state index is 0.334. The first-order chi connectivity index (χ1) is 10.8. The summed E-state index contributed by atoms with van der Waals surface area (Å²) in [5.41, 5.74) is 1.23. The van der Waals surface area contributed by atoms with Crippen LogP contribution in [0.5, 0.6) is 0 Å². The molecule has 0 spiro atoms. The molecule has 1 aromatic rings. The lowest BCUT2D eigenvalue weighted by molar-refractivity contribution is 0.00240. The van der Waals surface area contributed by atoms with Crippen molar-refractivity contribution in [1.82, 2.24) is 4.31 Å². The van der Waals surface area contributed by atoms with Crippen molar-refractivity contribution in [3.05, 3.63) is 42.0 Å². The third-order valence-corrected chi connectivity index (χ3v) is 6.00. The molecule has 1 fully saturated rings. The van der Waals surface area contributed by atoms with Crippen LogP contribution in [-0.4, -0.2) is 38.5 Å². The van der Waals surface area contributed by atoms with Gasteiger partial charge >= 0.3 is 0 Å². The first kappa shape index (κ1) is 17.7. The number of hydrogen-bond donors (Lipinski definition) is 0. The van der Waals surface area contributed by atoms with Gasteiger partial charge in [-0.05, 0) is 31.6 Å². The zero-order valence-corrected chi connectivity index (χ0v) is 14.7. The van der Waals surface area contributed by atoms with Gasteiger partial charge in [0.05, 0.1) is 4.90 Å². The summed E-state index contributed by atoms with van der Waals surface area (Å²) < 4.78 is 32.5. The molecule has 0 saturated carbocycles. The first-order valence-electron chi connectivity index (χ1n) is 7.60. The predicted molar refractivity (Wildman–Crippen MR) is 91.5 cm³/mol. The van der Waals surface area contributed by atoms with Gasteiger partial charge in [0.25, 0.3) is 0 Å². The summed E-state index contributed by atoms with van der Waals surface area (Å²) in [7, 11) is -1.83. The normalized spacial score (nSPS) is 18.0. The van der Waals surface area contributed by atoms with E-state index in [2.05, 4.69) is 18.4 Å². The molecule has 0 amide bonds. The monoisotopic (exact) mass is 333 g/mol. The van der Waals surface area contributed by atoms with Crippen LogP contribution in [0.25, 0.3) is 0 Å². The number of nitrogens with zero attached hydrogens (tertiary/aromatic N) is 1. The number of sulfonamides is 1. The third kappa shape index (κ3) is 4.03. The Labute approximate surface area is 139 Å². The molecule has 2 rings (SSSR count). The van der Waals surface area contributed by atoms with Crippen molar-refractivity contribution < 1.29 is 13.2 Å². The molecule has 0 N–H and O–H groups in total. The van der Waals surface area contributed by atoms with E-state index in [1.807, 2.05) is 26.0 Å². The van der Waals surface area contributed by atoms with Gasteiger partial charge in [0.15, 0.2) is 0 Å². The number of piperidine rings is 1. The van der Waals surface area contributed by atoms with Crippen molar-refractivity contribution in [3.63, 3.8) is 0 Å². The van der Waals surface area contributed by atoms with Gasteiger partial charge in [0.2, 0.25) is 10.0 Å². The van der Waals surface area contributed by atoms with Crippen molar-refractivity contribution in [3.8, 4) is 11.8 Å². The van der Waals surface area contributed by atoms with Crippen molar-refractivity contribution >= 4 is 10.0 Å². The molecule has 0 atom stereocenters. The quantitative estimate of drug-likeness (QED) is 0.799. The molecule has 4 nitrogen and oxygen atoms in total. The molecular formula is C18H23NO3S. The first-order valence-corrected chi connectivity index (χ1v) is 9.04. The number of methoxy groups -OCH3 is 1. The highest BCUT2D eigenvalue weighted by molar-refractivity contribution is 7.89. The van der Waals surface area contributed by atoms with Crippen LogP contribution in [0.1, 0.15) is 25.3 Å². The number of benzene rings is 1. The highest BCUT2D eigenvalue weighted by Gasteiger charge is 2.37. The van der Waals surface area contributed by atoms with E-state index < -0.39 is 15.6 Å². The van der Waals surface area contributed by atoms with E-state index in [4.69, 9.17) is 4.74 Å². The second-order valence-electron chi connectivity index (χ2n) is 5.95. The molecule has 0 unspecified atom stereocenters. The zero-order valence-electron chi connectivity index (χ0n) is 13.9. The molecule has 0 radical (unpaired) electrons. The van der Waals surface area contributed by atoms with E-state index >= 15 is 0 Å². The number of hydrogen-bond acceptors (Lipinski definition) is 3. The number of rotatable bonds is 3. The van der Waals surface area contributed by atoms with E-state index in [1.54, 1.807) is 19.2 Å². The average Bonchev–Trinajstić information content (AvgIpc) is 2.54. The van der Waals surface area contributed by atoms with Crippen LogP contribution in [0.3, 0.4) is 0 Å². The van der Waals surface area contributed by atoms with Crippen LogP contribution in [0.15, 0.2) is 41.3 Å². The lowest BCUT2D eigenvalue weighted by Crippen LogP contribution is -2.46.